The Labute approximate surface area is 126 Å². The average Bonchev–Trinajstić information content (AvgIpc) is 2.52. The highest BCUT2D eigenvalue weighted by Crippen LogP contribution is 2.27. The molecule has 1 aliphatic rings. The van der Waals surface area contributed by atoms with Crippen LogP contribution in [0.3, 0.4) is 0 Å². The van der Waals surface area contributed by atoms with Crippen LogP contribution >= 0.6 is 0 Å². The minimum absolute atomic E-state index is 0.0311. The van der Waals surface area contributed by atoms with Crippen molar-refractivity contribution in [2.75, 3.05) is 31.2 Å². The highest BCUT2D eigenvalue weighted by atomic mass is 16.5. The van der Waals surface area contributed by atoms with Gasteiger partial charge >= 0.3 is 0 Å². The van der Waals surface area contributed by atoms with Crippen molar-refractivity contribution in [2.24, 2.45) is 5.92 Å². The predicted molar refractivity (Wildman–Crippen MR) is 82.6 cm³/mol. The van der Waals surface area contributed by atoms with Crippen molar-refractivity contribution in [3.05, 3.63) is 29.3 Å². The number of anilines is 1. The molecule has 1 fully saturated rings. The number of ketones is 1. The van der Waals surface area contributed by atoms with Crippen LogP contribution in [0.1, 0.15) is 42.6 Å². The molecule has 0 N–H and O–H groups in total. The first kappa shape index (κ1) is 15.5. The first-order valence-corrected chi connectivity index (χ1v) is 7.53. The molecule has 1 heterocycles. The number of rotatable bonds is 5. The summed E-state index contributed by atoms with van der Waals surface area (Å²) < 4.78 is 5.53. The Hall–Kier alpha value is -1.86. The molecule has 0 aliphatic carbocycles. The molecule has 0 spiro atoms. The molecular weight excluding hydrogens is 264 g/mol. The summed E-state index contributed by atoms with van der Waals surface area (Å²) in [7, 11) is 0. The van der Waals surface area contributed by atoms with Crippen LogP contribution in [-0.2, 0) is 4.74 Å². The van der Waals surface area contributed by atoms with Crippen LogP contribution < -0.4 is 4.90 Å². The SMILES string of the molecule is CCOCC1CCCN(c2cc(C(C)=O)ccc2C#N)C1. The van der Waals surface area contributed by atoms with Crippen LogP contribution in [0, 0.1) is 17.2 Å². The molecule has 4 nitrogen and oxygen atoms in total. The zero-order valence-electron chi connectivity index (χ0n) is 12.8. The van der Waals surface area contributed by atoms with E-state index in [0.717, 1.165) is 44.8 Å². The highest BCUT2D eigenvalue weighted by Gasteiger charge is 2.22. The lowest BCUT2D eigenvalue weighted by molar-refractivity contribution is 0.101. The van der Waals surface area contributed by atoms with Crippen LogP contribution in [0.4, 0.5) is 5.69 Å². The summed E-state index contributed by atoms with van der Waals surface area (Å²) in [5, 5.41) is 9.30. The second-order valence-corrected chi connectivity index (χ2v) is 5.51. The van der Waals surface area contributed by atoms with Gasteiger partial charge in [-0.15, -0.1) is 0 Å². The number of Topliss-reactive ketones (excluding diaryl/α,β-unsaturated/α-hetero) is 1. The molecule has 2 rings (SSSR count). The van der Waals surface area contributed by atoms with E-state index in [0.29, 0.717) is 17.0 Å². The van der Waals surface area contributed by atoms with E-state index in [1.165, 1.54) is 0 Å². The summed E-state index contributed by atoms with van der Waals surface area (Å²) >= 11 is 0. The van der Waals surface area contributed by atoms with Gasteiger partial charge in [0.2, 0.25) is 0 Å². The fourth-order valence-electron chi connectivity index (χ4n) is 2.81. The van der Waals surface area contributed by atoms with Gasteiger partial charge in [0.25, 0.3) is 0 Å². The minimum Gasteiger partial charge on any atom is -0.381 e. The number of hydrogen-bond acceptors (Lipinski definition) is 4. The van der Waals surface area contributed by atoms with E-state index in [9.17, 15) is 10.1 Å². The summed E-state index contributed by atoms with van der Waals surface area (Å²) in [4.78, 5) is 13.8. The lowest BCUT2D eigenvalue weighted by atomic mass is 9.97. The van der Waals surface area contributed by atoms with Crippen molar-refractivity contribution in [2.45, 2.75) is 26.7 Å². The van der Waals surface area contributed by atoms with Crippen molar-refractivity contribution in [3.63, 3.8) is 0 Å². The maximum Gasteiger partial charge on any atom is 0.159 e. The lowest BCUT2D eigenvalue weighted by Gasteiger charge is -2.35. The molecule has 0 aromatic heterocycles. The minimum atomic E-state index is 0.0311. The summed E-state index contributed by atoms with van der Waals surface area (Å²) in [6, 6.07) is 7.56. The number of benzene rings is 1. The first-order valence-electron chi connectivity index (χ1n) is 7.53. The molecule has 4 heteroatoms. The third-order valence-electron chi connectivity index (χ3n) is 3.94. The topological polar surface area (TPSA) is 53.3 Å². The zero-order valence-corrected chi connectivity index (χ0v) is 12.8. The number of piperidine rings is 1. The third-order valence-corrected chi connectivity index (χ3v) is 3.94. The number of carbonyl (C=O) groups is 1. The van der Waals surface area contributed by atoms with Crippen LogP contribution in [-0.4, -0.2) is 32.1 Å². The second-order valence-electron chi connectivity index (χ2n) is 5.51. The highest BCUT2D eigenvalue weighted by molar-refractivity contribution is 5.95. The fraction of sp³-hybridized carbons (Fsp3) is 0.529. The molecule has 1 aliphatic heterocycles. The van der Waals surface area contributed by atoms with Crippen molar-refractivity contribution in [1.82, 2.24) is 0 Å². The summed E-state index contributed by atoms with van der Waals surface area (Å²) in [5.41, 5.74) is 2.18. The summed E-state index contributed by atoms with van der Waals surface area (Å²) in [6.07, 6.45) is 2.25. The van der Waals surface area contributed by atoms with E-state index in [1.807, 2.05) is 13.0 Å². The molecule has 1 aromatic carbocycles. The fourth-order valence-corrected chi connectivity index (χ4v) is 2.81. The molecule has 1 saturated heterocycles. The second kappa shape index (κ2) is 7.24. The molecule has 0 amide bonds. The maximum absolute atomic E-state index is 11.6. The monoisotopic (exact) mass is 286 g/mol. The van der Waals surface area contributed by atoms with Crippen molar-refractivity contribution in [3.8, 4) is 6.07 Å². The number of nitrogens with zero attached hydrogens (tertiary/aromatic N) is 2. The predicted octanol–water partition coefficient (Wildman–Crippen LogP) is 3.01. The summed E-state index contributed by atoms with van der Waals surface area (Å²) in [5.74, 6) is 0.523. The van der Waals surface area contributed by atoms with Crippen molar-refractivity contribution in [1.29, 1.82) is 5.26 Å². The Balaban J connectivity index is 2.21. The van der Waals surface area contributed by atoms with Gasteiger partial charge in [-0.25, -0.2) is 0 Å². The van der Waals surface area contributed by atoms with Crippen LogP contribution in [0.2, 0.25) is 0 Å². The van der Waals surface area contributed by atoms with E-state index in [4.69, 9.17) is 4.74 Å². The molecule has 1 aromatic rings. The molecule has 1 atom stereocenters. The molecule has 0 bridgehead atoms. The Morgan fingerprint density at radius 2 is 2.33 bits per heavy atom. The van der Waals surface area contributed by atoms with E-state index in [2.05, 4.69) is 11.0 Å². The third kappa shape index (κ3) is 3.83. The first-order chi connectivity index (χ1) is 10.2. The zero-order chi connectivity index (χ0) is 15.2. The average molecular weight is 286 g/mol. The Morgan fingerprint density at radius 1 is 1.52 bits per heavy atom. The van der Waals surface area contributed by atoms with Crippen LogP contribution in [0.25, 0.3) is 0 Å². The molecule has 1 unspecified atom stereocenters. The Bertz CT molecular complexity index is 548. The Kier molecular flexibility index (Phi) is 5.35. The van der Waals surface area contributed by atoms with Crippen LogP contribution in [0.5, 0.6) is 0 Å². The van der Waals surface area contributed by atoms with Gasteiger partial charge in [-0.2, -0.15) is 5.26 Å². The number of nitriles is 1. The van der Waals surface area contributed by atoms with Gasteiger partial charge in [-0.3, -0.25) is 4.79 Å². The smallest absolute Gasteiger partial charge is 0.159 e. The van der Waals surface area contributed by atoms with Gasteiger partial charge in [0.15, 0.2) is 5.78 Å². The lowest BCUT2D eigenvalue weighted by Crippen LogP contribution is -2.37. The Morgan fingerprint density at radius 3 is 3.00 bits per heavy atom. The molecule has 0 saturated carbocycles. The van der Waals surface area contributed by atoms with Crippen molar-refractivity contribution < 1.29 is 9.53 Å². The van der Waals surface area contributed by atoms with Gasteiger partial charge in [0, 0.05) is 25.3 Å². The van der Waals surface area contributed by atoms with E-state index in [-0.39, 0.29) is 5.78 Å². The molecule has 0 radical (unpaired) electrons. The summed E-state index contributed by atoms with van der Waals surface area (Å²) in [6.45, 7) is 6.87. The van der Waals surface area contributed by atoms with Gasteiger partial charge < -0.3 is 9.64 Å². The molecule has 112 valence electrons. The van der Waals surface area contributed by atoms with E-state index >= 15 is 0 Å². The van der Waals surface area contributed by atoms with Gasteiger partial charge in [-0.05, 0) is 50.8 Å². The van der Waals surface area contributed by atoms with E-state index in [1.54, 1.807) is 19.1 Å². The van der Waals surface area contributed by atoms with Crippen molar-refractivity contribution >= 4 is 11.5 Å². The number of ether oxygens (including phenoxy) is 1. The quantitative estimate of drug-likeness (QED) is 0.781. The molecular formula is C17H22N2O2. The van der Waals surface area contributed by atoms with Gasteiger partial charge in [-0.1, -0.05) is 0 Å². The normalized spacial score (nSPS) is 18.3. The standard InChI is InChI=1S/C17H22N2O2/c1-3-21-12-14-5-4-8-19(11-14)17-9-15(13(2)20)6-7-16(17)10-18/h6-7,9,14H,3-5,8,11-12H2,1-2H3. The number of hydrogen-bond donors (Lipinski definition) is 0. The maximum atomic E-state index is 11.6. The van der Waals surface area contributed by atoms with Gasteiger partial charge in [0.05, 0.1) is 17.9 Å². The van der Waals surface area contributed by atoms with E-state index < -0.39 is 0 Å². The van der Waals surface area contributed by atoms with Gasteiger partial charge in [0.1, 0.15) is 6.07 Å². The largest absolute Gasteiger partial charge is 0.381 e. The molecule has 21 heavy (non-hydrogen) atoms. The van der Waals surface area contributed by atoms with Crippen LogP contribution in [0.15, 0.2) is 18.2 Å². The number of carbonyl (C=O) groups excluding carboxylic acids is 1.